The lowest BCUT2D eigenvalue weighted by Crippen LogP contribution is -2.37. The van der Waals surface area contributed by atoms with Crippen molar-refractivity contribution in [3.63, 3.8) is 0 Å². The summed E-state index contributed by atoms with van der Waals surface area (Å²) in [7, 11) is 1.49. The van der Waals surface area contributed by atoms with E-state index in [4.69, 9.17) is 4.84 Å². The minimum atomic E-state index is -0.100. The van der Waals surface area contributed by atoms with Crippen LogP contribution in [0, 0.1) is 17.8 Å². The summed E-state index contributed by atoms with van der Waals surface area (Å²) in [6.45, 7) is 5.12. The smallest absolute Gasteiger partial charge is 0.133 e. The van der Waals surface area contributed by atoms with Gasteiger partial charge in [0.25, 0.3) is 0 Å². The Morgan fingerprint density at radius 1 is 1.31 bits per heavy atom. The van der Waals surface area contributed by atoms with Gasteiger partial charge in [-0.1, -0.05) is 12.1 Å². The lowest BCUT2D eigenvalue weighted by atomic mass is 9.71. The number of rotatable bonds is 3. The molecule has 0 aromatic rings. The van der Waals surface area contributed by atoms with Crippen molar-refractivity contribution >= 4 is 17.3 Å². The number of nitrogens with zero attached hydrogens (tertiary/aromatic N) is 1. The molecular weight excluding hydrogens is 206 g/mol. The van der Waals surface area contributed by atoms with Crippen molar-refractivity contribution in [3.8, 4) is 0 Å². The third kappa shape index (κ3) is 2.68. The number of Topliss-reactive ketones (excluding diaryl/α,β-unsaturated/α-hetero) is 2. The van der Waals surface area contributed by atoms with Gasteiger partial charge in [-0.2, -0.15) is 0 Å². The highest BCUT2D eigenvalue weighted by Crippen LogP contribution is 2.33. The van der Waals surface area contributed by atoms with E-state index in [1.54, 1.807) is 13.8 Å². The molecule has 0 bridgehead atoms. The van der Waals surface area contributed by atoms with Crippen LogP contribution in [0.4, 0.5) is 0 Å². The van der Waals surface area contributed by atoms with Gasteiger partial charge in [0, 0.05) is 17.8 Å². The Balaban J connectivity index is 2.92. The summed E-state index contributed by atoms with van der Waals surface area (Å²) in [5.41, 5.74) is 0.828. The van der Waals surface area contributed by atoms with E-state index in [9.17, 15) is 9.59 Å². The molecule has 0 radical (unpaired) electrons. The summed E-state index contributed by atoms with van der Waals surface area (Å²) < 4.78 is 0. The normalized spacial score (nSPS) is 32.5. The van der Waals surface area contributed by atoms with Crippen molar-refractivity contribution in [2.45, 2.75) is 33.6 Å². The first-order chi connectivity index (χ1) is 7.47. The van der Waals surface area contributed by atoms with E-state index < -0.39 is 0 Å². The number of hydrogen-bond donors (Lipinski definition) is 0. The van der Waals surface area contributed by atoms with Crippen LogP contribution in [0.1, 0.15) is 33.6 Å². The number of carbonyl (C=O) groups is 2. The average Bonchev–Trinajstić information content (AvgIpc) is 2.20. The van der Waals surface area contributed by atoms with E-state index in [0.29, 0.717) is 12.8 Å². The topological polar surface area (TPSA) is 55.7 Å². The summed E-state index contributed by atoms with van der Waals surface area (Å²) in [5, 5.41) is 3.94. The zero-order chi connectivity index (χ0) is 12.3. The van der Waals surface area contributed by atoms with Gasteiger partial charge in [0.05, 0.1) is 5.71 Å². The average molecular weight is 225 g/mol. The van der Waals surface area contributed by atoms with E-state index in [2.05, 4.69) is 5.16 Å². The van der Waals surface area contributed by atoms with Crippen molar-refractivity contribution in [3.05, 3.63) is 0 Å². The van der Waals surface area contributed by atoms with Gasteiger partial charge in [0.2, 0.25) is 0 Å². The second kappa shape index (κ2) is 5.23. The fourth-order valence-corrected chi connectivity index (χ4v) is 2.33. The largest absolute Gasteiger partial charge is 0.399 e. The van der Waals surface area contributed by atoms with Gasteiger partial charge < -0.3 is 4.84 Å². The van der Waals surface area contributed by atoms with E-state index in [0.717, 1.165) is 5.71 Å². The Bertz CT molecular complexity index is 322. The predicted octanol–water partition coefficient (Wildman–Crippen LogP) is 1.83. The molecule has 0 heterocycles. The SMILES string of the molecule is CO/N=C1\CC(C(C)=O)CC(C(C)=O)C1C. The first kappa shape index (κ1) is 12.9. The highest BCUT2D eigenvalue weighted by atomic mass is 16.6. The Hall–Kier alpha value is -1.19. The second-order valence-corrected chi connectivity index (χ2v) is 4.52. The monoisotopic (exact) mass is 225 g/mol. The molecule has 90 valence electrons. The highest BCUT2D eigenvalue weighted by molar-refractivity contribution is 5.96. The van der Waals surface area contributed by atoms with Gasteiger partial charge in [-0.3, -0.25) is 9.59 Å². The minimum Gasteiger partial charge on any atom is -0.399 e. The van der Waals surface area contributed by atoms with Crippen LogP contribution in [0.2, 0.25) is 0 Å². The molecule has 4 nitrogen and oxygen atoms in total. The molecule has 3 atom stereocenters. The van der Waals surface area contributed by atoms with Crippen LogP contribution < -0.4 is 0 Å². The fourth-order valence-electron chi connectivity index (χ4n) is 2.33. The molecule has 0 aromatic heterocycles. The fraction of sp³-hybridized carbons (Fsp3) is 0.750. The lowest BCUT2D eigenvalue weighted by Gasteiger charge is -2.32. The second-order valence-electron chi connectivity index (χ2n) is 4.52. The van der Waals surface area contributed by atoms with Crippen molar-refractivity contribution in [2.24, 2.45) is 22.9 Å². The summed E-state index contributed by atoms with van der Waals surface area (Å²) >= 11 is 0. The molecule has 0 saturated heterocycles. The highest BCUT2D eigenvalue weighted by Gasteiger charge is 2.37. The number of carbonyl (C=O) groups excluding carboxylic acids is 2. The molecule has 1 rings (SSSR count). The minimum absolute atomic E-state index is 0.0769. The van der Waals surface area contributed by atoms with Gasteiger partial charge >= 0.3 is 0 Å². The molecular formula is C12H19NO3. The molecule has 0 N–H and O–H groups in total. The first-order valence-electron chi connectivity index (χ1n) is 5.58. The predicted molar refractivity (Wildman–Crippen MR) is 61.2 cm³/mol. The van der Waals surface area contributed by atoms with Crippen molar-refractivity contribution in [1.82, 2.24) is 0 Å². The molecule has 0 amide bonds. The Morgan fingerprint density at radius 3 is 2.38 bits per heavy atom. The Labute approximate surface area is 96.0 Å². The van der Waals surface area contributed by atoms with Gasteiger partial charge in [-0.05, 0) is 26.7 Å². The van der Waals surface area contributed by atoms with Gasteiger partial charge in [0.15, 0.2) is 0 Å². The van der Waals surface area contributed by atoms with E-state index in [-0.39, 0.29) is 29.3 Å². The Kier molecular flexibility index (Phi) is 4.21. The summed E-state index contributed by atoms with van der Waals surface area (Å²) in [4.78, 5) is 27.7. The number of ketones is 2. The summed E-state index contributed by atoms with van der Waals surface area (Å²) in [6, 6.07) is 0. The molecule has 4 heteroatoms. The maximum absolute atomic E-state index is 11.5. The maximum atomic E-state index is 11.5. The third-order valence-corrected chi connectivity index (χ3v) is 3.43. The lowest BCUT2D eigenvalue weighted by molar-refractivity contribution is -0.125. The van der Waals surface area contributed by atoms with Crippen LogP contribution in [0.5, 0.6) is 0 Å². The van der Waals surface area contributed by atoms with Gasteiger partial charge in [-0.25, -0.2) is 0 Å². The zero-order valence-electron chi connectivity index (χ0n) is 10.3. The van der Waals surface area contributed by atoms with Crippen LogP contribution in [-0.2, 0) is 14.4 Å². The molecule has 1 fully saturated rings. The molecule has 1 saturated carbocycles. The van der Waals surface area contributed by atoms with E-state index in [1.165, 1.54) is 7.11 Å². The van der Waals surface area contributed by atoms with Crippen molar-refractivity contribution in [2.75, 3.05) is 7.11 Å². The summed E-state index contributed by atoms with van der Waals surface area (Å²) in [5.74, 6) is 0.146. The zero-order valence-corrected chi connectivity index (χ0v) is 10.3. The van der Waals surface area contributed by atoms with Crippen LogP contribution in [0.15, 0.2) is 5.16 Å². The molecule has 16 heavy (non-hydrogen) atoms. The van der Waals surface area contributed by atoms with Crippen LogP contribution >= 0.6 is 0 Å². The van der Waals surface area contributed by atoms with Crippen LogP contribution in [0.3, 0.4) is 0 Å². The molecule has 0 aromatic carbocycles. The van der Waals surface area contributed by atoms with Crippen molar-refractivity contribution in [1.29, 1.82) is 0 Å². The molecule has 3 unspecified atom stereocenters. The molecule has 1 aliphatic carbocycles. The molecule has 1 aliphatic rings. The molecule has 0 spiro atoms. The Morgan fingerprint density at radius 2 is 1.94 bits per heavy atom. The van der Waals surface area contributed by atoms with E-state index in [1.807, 2.05) is 6.92 Å². The van der Waals surface area contributed by atoms with Crippen LogP contribution in [-0.4, -0.2) is 24.4 Å². The quantitative estimate of drug-likeness (QED) is 0.688. The maximum Gasteiger partial charge on any atom is 0.133 e. The van der Waals surface area contributed by atoms with E-state index >= 15 is 0 Å². The van der Waals surface area contributed by atoms with Gasteiger partial charge in [-0.15, -0.1) is 0 Å². The standard InChI is InChI=1S/C12H19NO3/c1-7-11(9(3)15)5-10(8(2)14)6-12(7)13-16-4/h7,10-11H,5-6H2,1-4H3/b13-12+. The number of oxime groups is 1. The van der Waals surface area contributed by atoms with Crippen molar-refractivity contribution < 1.29 is 14.4 Å². The number of hydrogen-bond acceptors (Lipinski definition) is 4. The summed E-state index contributed by atoms with van der Waals surface area (Å²) in [6.07, 6.45) is 1.27. The van der Waals surface area contributed by atoms with Crippen LogP contribution in [0.25, 0.3) is 0 Å². The first-order valence-corrected chi connectivity index (χ1v) is 5.58. The van der Waals surface area contributed by atoms with Gasteiger partial charge in [0.1, 0.15) is 18.7 Å². The molecule has 0 aliphatic heterocycles. The third-order valence-electron chi connectivity index (χ3n) is 3.43.